The van der Waals surface area contributed by atoms with Gasteiger partial charge >= 0.3 is 0 Å². The summed E-state index contributed by atoms with van der Waals surface area (Å²) in [6.45, 7) is 0.311. The second kappa shape index (κ2) is 6.95. The van der Waals surface area contributed by atoms with E-state index in [1.165, 1.54) is 0 Å². The van der Waals surface area contributed by atoms with Crippen LogP contribution in [-0.2, 0) is 6.54 Å². The number of anilines is 1. The zero-order valence-electron chi connectivity index (χ0n) is 11.3. The molecule has 1 heterocycles. The molecule has 0 aliphatic heterocycles. The van der Waals surface area contributed by atoms with Crippen LogP contribution in [0.15, 0.2) is 36.5 Å². The summed E-state index contributed by atoms with van der Waals surface area (Å²) in [6.07, 6.45) is 1.72. The third-order valence-corrected chi connectivity index (χ3v) is 3.88. The molecule has 0 aliphatic carbocycles. The normalized spacial score (nSPS) is 10.2. The van der Waals surface area contributed by atoms with E-state index in [0.717, 1.165) is 9.13 Å². The molecule has 0 saturated heterocycles. The van der Waals surface area contributed by atoms with Crippen molar-refractivity contribution in [1.82, 2.24) is 4.98 Å². The van der Waals surface area contributed by atoms with E-state index in [-0.39, 0.29) is 5.96 Å². The lowest BCUT2D eigenvalue weighted by Gasteiger charge is -2.23. The van der Waals surface area contributed by atoms with E-state index >= 15 is 0 Å². The Kier molecular flexibility index (Phi) is 5.24. The molecule has 0 aliphatic rings. The fourth-order valence-electron chi connectivity index (χ4n) is 1.86. The molecule has 0 amide bonds. The first-order valence-corrected chi connectivity index (χ1v) is 7.53. The van der Waals surface area contributed by atoms with Crippen LogP contribution in [0.3, 0.4) is 0 Å². The predicted octanol–water partition coefficient (Wildman–Crippen LogP) is 3.25. The number of nitrogens with zero attached hydrogens (tertiary/aromatic N) is 2. The molecule has 5 nitrogen and oxygen atoms in total. The van der Waals surface area contributed by atoms with Crippen LogP contribution in [0.4, 0.5) is 5.82 Å². The fourth-order valence-corrected chi connectivity index (χ4v) is 2.40. The number of aromatic nitrogens is 1. The number of nitrogens with one attached hydrogen (secondary N) is 1. The van der Waals surface area contributed by atoms with Gasteiger partial charge in [0.15, 0.2) is 5.96 Å². The molecule has 110 valence electrons. The van der Waals surface area contributed by atoms with Gasteiger partial charge in [0.25, 0.3) is 0 Å². The molecule has 2 aromatic rings. The van der Waals surface area contributed by atoms with Gasteiger partial charge in [-0.15, -0.1) is 0 Å². The summed E-state index contributed by atoms with van der Waals surface area (Å²) >= 11 is 8.40. The van der Waals surface area contributed by atoms with Crippen LogP contribution >= 0.6 is 34.2 Å². The Balaban J connectivity index is 2.38. The second-order valence-corrected chi connectivity index (χ2v) is 5.88. The number of benzene rings is 1. The highest BCUT2D eigenvalue weighted by atomic mass is 127. The molecule has 1 aromatic heterocycles. The smallest absolute Gasteiger partial charge is 0.194 e. The third kappa shape index (κ3) is 3.76. The quantitative estimate of drug-likeness (QED) is 0.456. The van der Waals surface area contributed by atoms with Crippen LogP contribution in [-0.4, -0.2) is 18.1 Å². The number of ether oxygens (including phenoxy) is 1. The van der Waals surface area contributed by atoms with E-state index in [0.29, 0.717) is 23.1 Å². The number of pyridine rings is 1. The van der Waals surface area contributed by atoms with Gasteiger partial charge in [-0.1, -0.05) is 17.7 Å². The van der Waals surface area contributed by atoms with Gasteiger partial charge < -0.3 is 10.5 Å². The van der Waals surface area contributed by atoms with E-state index in [4.69, 9.17) is 27.5 Å². The maximum atomic E-state index is 7.77. The Morgan fingerprint density at radius 1 is 1.43 bits per heavy atom. The first-order valence-electron chi connectivity index (χ1n) is 6.07. The van der Waals surface area contributed by atoms with Crippen LogP contribution in [0, 0.1) is 8.98 Å². The van der Waals surface area contributed by atoms with Crippen LogP contribution in [0.5, 0.6) is 5.75 Å². The van der Waals surface area contributed by atoms with Gasteiger partial charge in [-0.3, -0.25) is 10.3 Å². The molecule has 7 heteroatoms. The molecule has 0 atom stereocenters. The molecule has 21 heavy (non-hydrogen) atoms. The van der Waals surface area contributed by atoms with Crippen molar-refractivity contribution in [2.75, 3.05) is 12.0 Å². The van der Waals surface area contributed by atoms with E-state index < -0.39 is 0 Å². The predicted molar refractivity (Wildman–Crippen MR) is 93.1 cm³/mol. The first-order chi connectivity index (χ1) is 10.0. The largest absolute Gasteiger partial charge is 0.496 e. The highest BCUT2D eigenvalue weighted by Gasteiger charge is 2.16. The number of guanidine groups is 1. The van der Waals surface area contributed by atoms with Crippen LogP contribution < -0.4 is 15.4 Å². The Morgan fingerprint density at radius 3 is 2.76 bits per heavy atom. The first kappa shape index (κ1) is 15.8. The van der Waals surface area contributed by atoms with Crippen molar-refractivity contribution in [2.45, 2.75) is 6.54 Å². The minimum atomic E-state index is -0.106. The van der Waals surface area contributed by atoms with Gasteiger partial charge in [-0.2, -0.15) is 0 Å². The molecule has 0 unspecified atom stereocenters. The Bertz CT molecular complexity index is 648. The SMILES string of the molecule is COc1cccc(Cl)c1CN(C(=N)N)c1ccc(I)cn1. The highest BCUT2D eigenvalue weighted by molar-refractivity contribution is 14.1. The van der Waals surface area contributed by atoms with Crippen molar-refractivity contribution >= 4 is 46.0 Å². The zero-order chi connectivity index (χ0) is 15.4. The molecule has 0 fully saturated rings. The van der Waals surface area contributed by atoms with Gasteiger partial charge in [0.2, 0.25) is 0 Å². The zero-order valence-corrected chi connectivity index (χ0v) is 14.2. The van der Waals surface area contributed by atoms with Gasteiger partial charge in [-0.25, -0.2) is 4.98 Å². The number of nitrogens with two attached hydrogens (primary N) is 1. The van der Waals surface area contributed by atoms with Crippen molar-refractivity contribution in [1.29, 1.82) is 5.41 Å². The van der Waals surface area contributed by atoms with Gasteiger partial charge in [0.1, 0.15) is 11.6 Å². The maximum Gasteiger partial charge on any atom is 0.194 e. The second-order valence-electron chi connectivity index (χ2n) is 4.23. The molecular weight excluding hydrogens is 403 g/mol. The number of hydrogen-bond acceptors (Lipinski definition) is 3. The van der Waals surface area contributed by atoms with E-state index in [9.17, 15) is 0 Å². The molecule has 0 spiro atoms. The van der Waals surface area contributed by atoms with Gasteiger partial charge in [-0.05, 0) is 46.9 Å². The Labute approximate surface area is 141 Å². The van der Waals surface area contributed by atoms with Crippen molar-refractivity contribution in [2.24, 2.45) is 5.73 Å². The molecule has 0 saturated carbocycles. The lowest BCUT2D eigenvalue weighted by molar-refractivity contribution is 0.410. The van der Waals surface area contributed by atoms with E-state index in [1.54, 1.807) is 24.3 Å². The minimum Gasteiger partial charge on any atom is -0.496 e. The average Bonchev–Trinajstić information content (AvgIpc) is 2.46. The van der Waals surface area contributed by atoms with Crippen LogP contribution in [0.25, 0.3) is 0 Å². The average molecular weight is 417 g/mol. The molecule has 0 radical (unpaired) electrons. The number of methoxy groups -OCH3 is 1. The number of halogens is 2. The molecule has 3 N–H and O–H groups in total. The minimum absolute atomic E-state index is 0.106. The summed E-state index contributed by atoms with van der Waals surface area (Å²) in [5.74, 6) is 1.13. The van der Waals surface area contributed by atoms with Crippen molar-refractivity contribution in [3.8, 4) is 5.75 Å². The monoisotopic (exact) mass is 416 g/mol. The summed E-state index contributed by atoms with van der Waals surface area (Å²) in [5, 5.41) is 8.33. The summed E-state index contributed by atoms with van der Waals surface area (Å²) in [4.78, 5) is 5.86. The maximum absolute atomic E-state index is 7.77. The lowest BCUT2D eigenvalue weighted by Crippen LogP contribution is -2.36. The van der Waals surface area contributed by atoms with Crippen molar-refractivity contribution in [3.05, 3.63) is 50.7 Å². The Morgan fingerprint density at radius 2 is 2.19 bits per heavy atom. The molecule has 0 bridgehead atoms. The Hall–Kier alpha value is -1.54. The summed E-state index contributed by atoms with van der Waals surface area (Å²) in [7, 11) is 1.58. The third-order valence-electron chi connectivity index (χ3n) is 2.89. The van der Waals surface area contributed by atoms with Gasteiger partial charge in [0.05, 0.1) is 13.7 Å². The van der Waals surface area contributed by atoms with Crippen molar-refractivity contribution < 1.29 is 4.74 Å². The summed E-state index contributed by atoms with van der Waals surface area (Å²) < 4.78 is 6.33. The van der Waals surface area contributed by atoms with Gasteiger partial charge in [0, 0.05) is 20.4 Å². The number of rotatable bonds is 4. The fraction of sp³-hybridized carbons (Fsp3) is 0.143. The molecule has 2 rings (SSSR count). The van der Waals surface area contributed by atoms with Crippen LogP contribution in [0.2, 0.25) is 5.02 Å². The molecular formula is C14H14ClIN4O. The summed E-state index contributed by atoms with van der Waals surface area (Å²) in [6, 6.07) is 9.13. The molecule has 1 aromatic carbocycles. The topological polar surface area (TPSA) is 75.2 Å². The lowest BCUT2D eigenvalue weighted by atomic mass is 10.2. The standard InChI is InChI=1S/C14H14ClIN4O/c1-21-12-4-2-3-11(15)10(12)8-20(14(17)18)13-6-5-9(16)7-19-13/h2-7H,8H2,1H3,(H3,17,18). The highest BCUT2D eigenvalue weighted by Crippen LogP contribution is 2.28. The van der Waals surface area contributed by atoms with E-state index in [1.807, 2.05) is 24.3 Å². The van der Waals surface area contributed by atoms with Crippen LogP contribution in [0.1, 0.15) is 5.56 Å². The van der Waals surface area contributed by atoms with Crippen molar-refractivity contribution in [3.63, 3.8) is 0 Å². The summed E-state index contributed by atoms with van der Waals surface area (Å²) in [5.41, 5.74) is 6.44. The number of hydrogen-bond donors (Lipinski definition) is 2. The van der Waals surface area contributed by atoms with E-state index in [2.05, 4.69) is 27.6 Å².